The molecular weight excluding hydrogens is 266 g/mol. The molecule has 1 amide bonds. The third-order valence-corrected chi connectivity index (χ3v) is 4.07. The van der Waals surface area contributed by atoms with Crippen LogP contribution in [0.1, 0.15) is 36.5 Å². The number of amides is 1. The highest BCUT2D eigenvalue weighted by atomic mass is 16.1. The lowest BCUT2D eigenvalue weighted by atomic mass is 10.0. The van der Waals surface area contributed by atoms with Crippen LogP contribution in [0.3, 0.4) is 0 Å². The average Bonchev–Trinajstić information content (AvgIpc) is 3.01. The molecule has 1 saturated heterocycles. The Morgan fingerprint density at radius 1 is 1.29 bits per heavy atom. The molecule has 3 rings (SSSR count). The van der Waals surface area contributed by atoms with Crippen molar-refractivity contribution in [3.63, 3.8) is 0 Å². The Labute approximate surface area is 123 Å². The van der Waals surface area contributed by atoms with E-state index >= 15 is 0 Å². The molecule has 0 unspecified atom stereocenters. The van der Waals surface area contributed by atoms with Crippen LogP contribution in [0.2, 0.25) is 0 Å². The lowest BCUT2D eigenvalue weighted by Gasteiger charge is -2.36. The lowest BCUT2D eigenvalue weighted by molar-refractivity contribution is 0.100. The second kappa shape index (κ2) is 5.55. The summed E-state index contributed by atoms with van der Waals surface area (Å²) in [6.07, 6.45) is 6.73. The summed E-state index contributed by atoms with van der Waals surface area (Å²) in [4.78, 5) is 14.1. The molecule has 2 aromatic rings. The van der Waals surface area contributed by atoms with Crippen LogP contribution in [-0.2, 0) is 0 Å². The number of carbonyl (C=O) groups is 1. The molecule has 1 aromatic carbocycles. The zero-order valence-electron chi connectivity index (χ0n) is 12.1. The van der Waals surface area contributed by atoms with E-state index < -0.39 is 5.91 Å². The van der Waals surface area contributed by atoms with Gasteiger partial charge >= 0.3 is 0 Å². The van der Waals surface area contributed by atoms with Crippen LogP contribution in [0.25, 0.3) is 5.69 Å². The van der Waals surface area contributed by atoms with E-state index in [0.29, 0.717) is 11.6 Å². The molecule has 1 aliphatic rings. The van der Waals surface area contributed by atoms with Crippen molar-refractivity contribution in [3.8, 4) is 5.69 Å². The maximum Gasteiger partial charge on any atom is 0.250 e. The highest BCUT2D eigenvalue weighted by molar-refractivity contribution is 5.99. The number of carbonyl (C=O) groups excluding carboxylic acids is 1. The average molecular weight is 285 g/mol. The van der Waals surface area contributed by atoms with Crippen molar-refractivity contribution < 1.29 is 4.79 Å². The van der Waals surface area contributed by atoms with Crippen molar-refractivity contribution >= 4 is 11.6 Å². The molecular formula is C15H19N5O. The van der Waals surface area contributed by atoms with Crippen LogP contribution in [0.15, 0.2) is 30.9 Å². The number of aromatic nitrogens is 3. The van der Waals surface area contributed by atoms with E-state index in [9.17, 15) is 4.79 Å². The fourth-order valence-corrected chi connectivity index (χ4v) is 2.92. The summed E-state index contributed by atoms with van der Waals surface area (Å²) in [6.45, 7) is 3.16. The number of rotatable bonds is 3. The molecule has 21 heavy (non-hydrogen) atoms. The monoisotopic (exact) mass is 285 g/mol. The van der Waals surface area contributed by atoms with Gasteiger partial charge in [-0.3, -0.25) is 9.36 Å². The number of benzene rings is 1. The zero-order valence-corrected chi connectivity index (χ0v) is 12.1. The Hall–Kier alpha value is -2.37. The van der Waals surface area contributed by atoms with Gasteiger partial charge in [0.2, 0.25) is 0 Å². The molecule has 1 aromatic heterocycles. The largest absolute Gasteiger partial charge is 0.368 e. The molecule has 0 radical (unpaired) electrons. The number of anilines is 1. The van der Waals surface area contributed by atoms with Gasteiger partial charge in [-0.1, -0.05) is 0 Å². The van der Waals surface area contributed by atoms with Crippen molar-refractivity contribution in [1.82, 2.24) is 14.8 Å². The first-order valence-electron chi connectivity index (χ1n) is 7.22. The van der Waals surface area contributed by atoms with Gasteiger partial charge in [0.1, 0.15) is 12.7 Å². The summed E-state index contributed by atoms with van der Waals surface area (Å²) in [6, 6.07) is 6.17. The molecule has 6 nitrogen and oxygen atoms in total. The molecule has 1 aliphatic heterocycles. The predicted octanol–water partition coefficient (Wildman–Crippen LogP) is 1.74. The summed E-state index contributed by atoms with van der Waals surface area (Å²) in [5, 5.41) is 7.57. The molecule has 0 saturated carbocycles. The van der Waals surface area contributed by atoms with E-state index in [-0.39, 0.29) is 0 Å². The highest BCUT2D eigenvalue weighted by Gasteiger charge is 2.22. The minimum atomic E-state index is -0.405. The third kappa shape index (κ3) is 2.61. The van der Waals surface area contributed by atoms with Gasteiger partial charge in [0, 0.05) is 24.0 Å². The third-order valence-electron chi connectivity index (χ3n) is 4.07. The van der Waals surface area contributed by atoms with Gasteiger partial charge in [-0.05, 0) is 44.4 Å². The first-order valence-corrected chi connectivity index (χ1v) is 7.22. The second-order valence-corrected chi connectivity index (χ2v) is 5.47. The second-order valence-electron chi connectivity index (χ2n) is 5.47. The van der Waals surface area contributed by atoms with Crippen LogP contribution >= 0.6 is 0 Å². The Balaban J connectivity index is 2.02. The van der Waals surface area contributed by atoms with Crippen LogP contribution < -0.4 is 10.6 Å². The molecule has 1 fully saturated rings. The molecule has 1 atom stereocenters. The first-order chi connectivity index (χ1) is 10.2. The zero-order chi connectivity index (χ0) is 14.8. The normalized spacial score (nSPS) is 18.7. The number of primary amides is 1. The van der Waals surface area contributed by atoms with E-state index in [1.54, 1.807) is 17.2 Å². The standard InChI is InChI=1S/C15H19N5O/c1-11-4-2-3-7-20(11)14-6-5-12(8-13(14)15(16)21)19-9-17-18-10-19/h5-6,8-11H,2-4,7H2,1H3,(H2,16,21)/t11-/m0/s1. The number of nitrogens with two attached hydrogens (primary N) is 1. The van der Waals surface area contributed by atoms with Gasteiger partial charge in [-0.2, -0.15) is 0 Å². The molecule has 0 spiro atoms. The maximum absolute atomic E-state index is 11.8. The quantitative estimate of drug-likeness (QED) is 0.932. The summed E-state index contributed by atoms with van der Waals surface area (Å²) in [5.74, 6) is -0.405. The molecule has 2 N–H and O–H groups in total. The minimum absolute atomic E-state index is 0.405. The van der Waals surface area contributed by atoms with E-state index in [0.717, 1.165) is 30.8 Å². The molecule has 0 bridgehead atoms. The molecule has 6 heteroatoms. The Morgan fingerprint density at radius 2 is 2.05 bits per heavy atom. The van der Waals surface area contributed by atoms with Gasteiger partial charge in [-0.25, -0.2) is 0 Å². The topological polar surface area (TPSA) is 77.0 Å². The van der Waals surface area contributed by atoms with Crippen molar-refractivity contribution in [3.05, 3.63) is 36.4 Å². The smallest absolute Gasteiger partial charge is 0.250 e. The van der Waals surface area contributed by atoms with Gasteiger partial charge in [0.05, 0.1) is 5.56 Å². The Morgan fingerprint density at radius 3 is 2.71 bits per heavy atom. The number of hydrogen-bond donors (Lipinski definition) is 1. The summed E-state index contributed by atoms with van der Waals surface area (Å²) >= 11 is 0. The summed E-state index contributed by atoms with van der Waals surface area (Å²) < 4.78 is 1.76. The van der Waals surface area contributed by atoms with Gasteiger partial charge in [0.15, 0.2) is 0 Å². The number of hydrogen-bond acceptors (Lipinski definition) is 4. The Bertz CT molecular complexity index is 638. The molecule has 2 heterocycles. The van der Waals surface area contributed by atoms with Gasteiger partial charge in [0.25, 0.3) is 5.91 Å². The van der Waals surface area contributed by atoms with Gasteiger partial charge in [-0.15, -0.1) is 10.2 Å². The van der Waals surface area contributed by atoms with Crippen molar-refractivity contribution in [2.75, 3.05) is 11.4 Å². The minimum Gasteiger partial charge on any atom is -0.368 e. The van der Waals surface area contributed by atoms with Crippen LogP contribution in [0, 0.1) is 0 Å². The number of piperidine rings is 1. The molecule has 110 valence electrons. The fraction of sp³-hybridized carbons (Fsp3) is 0.400. The highest BCUT2D eigenvalue weighted by Crippen LogP contribution is 2.29. The summed E-state index contributed by atoms with van der Waals surface area (Å²) in [5.41, 5.74) is 7.89. The van der Waals surface area contributed by atoms with Crippen molar-refractivity contribution in [2.45, 2.75) is 32.2 Å². The number of nitrogens with zero attached hydrogens (tertiary/aromatic N) is 4. The van der Waals surface area contributed by atoms with E-state index in [4.69, 9.17) is 5.73 Å². The summed E-state index contributed by atoms with van der Waals surface area (Å²) in [7, 11) is 0. The van der Waals surface area contributed by atoms with Crippen molar-refractivity contribution in [1.29, 1.82) is 0 Å². The molecule has 0 aliphatic carbocycles. The fourth-order valence-electron chi connectivity index (χ4n) is 2.92. The predicted molar refractivity (Wildman–Crippen MR) is 80.5 cm³/mol. The maximum atomic E-state index is 11.8. The van der Waals surface area contributed by atoms with Crippen LogP contribution in [0.4, 0.5) is 5.69 Å². The van der Waals surface area contributed by atoms with Gasteiger partial charge < -0.3 is 10.6 Å². The van der Waals surface area contributed by atoms with E-state index in [2.05, 4.69) is 22.0 Å². The van der Waals surface area contributed by atoms with Crippen molar-refractivity contribution in [2.24, 2.45) is 5.73 Å². The van der Waals surface area contributed by atoms with E-state index in [1.165, 1.54) is 6.42 Å². The first kappa shape index (κ1) is 13.6. The van der Waals surface area contributed by atoms with Crippen LogP contribution in [0.5, 0.6) is 0 Å². The Kier molecular flexibility index (Phi) is 3.60. The van der Waals surface area contributed by atoms with E-state index in [1.807, 2.05) is 18.2 Å². The SMILES string of the molecule is C[C@H]1CCCCN1c1ccc(-n2cnnc2)cc1C(N)=O. The van der Waals surface area contributed by atoms with Crippen LogP contribution in [-0.4, -0.2) is 33.3 Å². The lowest BCUT2D eigenvalue weighted by Crippen LogP contribution is -2.38.